The molecule has 19 heteroatoms. The van der Waals surface area contributed by atoms with E-state index in [1.54, 1.807) is 110 Å². The number of nitrogens with one attached hydrogen (secondary N) is 1. The zero-order chi connectivity index (χ0) is 65.0. The Bertz CT molecular complexity index is 3300. The quantitative estimate of drug-likeness (QED) is 0.0209. The molecule has 2 amide bonds. The monoisotopic (exact) mass is 1200 g/mol. The first-order chi connectivity index (χ1) is 41.1. The van der Waals surface area contributed by atoms with Crippen LogP contribution < -0.4 is 14.8 Å². The molecule has 1 aliphatic heterocycles. The molecule has 1 fully saturated rings. The average Bonchev–Trinajstić information content (AvgIpc) is 0.883. The predicted molar refractivity (Wildman–Crippen MR) is 333 cm³/mol. The summed E-state index contributed by atoms with van der Waals surface area (Å²) in [5, 5.41) is 63.5. The number of nitrogens with zero attached hydrogens (tertiary/aromatic N) is 3. The Balaban J connectivity index is 0.000000275. The molecule has 6 N–H and O–H groups in total. The highest BCUT2D eigenvalue weighted by Gasteiger charge is 2.58. The van der Waals surface area contributed by atoms with Gasteiger partial charge in [-0.1, -0.05) is 100 Å². The third-order valence-electron chi connectivity index (χ3n) is 16.0. The molecule has 0 radical (unpaired) electrons. The number of carboxylic acids is 2. The zero-order valence-corrected chi connectivity index (χ0v) is 52.4. The summed E-state index contributed by atoms with van der Waals surface area (Å²) in [5.41, 5.74) is -1.79. The molecule has 0 aromatic heterocycles. The van der Waals surface area contributed by atoms with Gasteiger partial charge in [-0.15, -0.1) is 0 Å². The Morgan fingerprint density at radius 3 is 1.59 bits per heavy atom. The lowest BCUT2D eigenvalue weighted by molar-refractivity contribution is -0.170. The van der Waals surface area contributed by atoms with Gasteiger partial charge in [-0.05, 0) is 162 Å². The molecule has 6 aromatic carbocycles. The smallest absolute Gasteiger partial charge is 0.339 e. The number of carbonyl (C=O) groups excluding carboxylic acids is 4. The second kappa shape index (κ2) is 31.7. The van der Waals surface area contributed by atoms with Crippen molar-refractivity contribution in [2.45, 2.75) is 97.8 Å². The molecule has 1 aliphatic rings. The lowest BCUT2D eigenvalue weighted by atomic mass is 9.55. The lowest BCUT2D eigenvalue weighted by Crippen LogP contribution is -2.61. The fourth-order valence-electron chi connectivity index (χ4n) is 11.5. The third-order valence-corrected chi connectivity index (χ3v) is 16.0. The van der Waals surface area contributed by atoms with E-state index in [1.165, 1.54) is 12.1 Å². The second-order valence-electron chi connectivity index (χ2n) is 22.8. The number of amides is 2. The van der Waals surface area contributed by atoms with Crippen molar-refractivity contribution in [3.05, 3.63) is 143 Å². The molecular formula is C68H86N4O15. The second-order valence-corrected chi connectivity index (χ2v) is 22.8. The summed E-state index contributed by atoms with van der Waals surface area (Å²) >= 11 is 0. The van der Waals surface area contributed by atoms with E-state index >= 15 is 0 Å². The fourth-order valence-corrected chi connectivity index (χ4v) is 11.5. The number of carbonyl (C=O) groups is 6. The molecule has 0 aliphatic carbocycles. The number of fused-ring (bicyclic) bond motifs is 2. The highest BCUT2D eigenvalue weighted by molar-refractivity contribution is 6.05. The normalized spacial score (nSPS) is 15.1. The number of esters is 2. The number of hydrogen-bond donors (Lipinski definition) is 6. The van der Waals surface area contributed by atoms with Crippen LogP contribution in [0.3, 0.4) is 0 Å². The molecule has 7 rings (SSSR count). The zero-order valence-electron chi connectivity index (χ0n) is 52.4. The van der Waals surface area contributed by atoms with E-state index < -0.39 is 63.0 Å². The number of hydrogen-bond acceptors (Lipinski definition) is 16. The van der Waals surface area contributed by atoms with Crippen molar-refractivity contribution in [3.8, 4) is 29.1 Å². The summed E-state index contributed by atoms with van der Waals surface area (Å²) in [6.07, 6.45) is 2.98. The van der Waals surface area contributed by atoms with Crippen LogP contribution >= 0.6 is 0 Å². The van der Waals surface area contributed by atoms with Crippen LogP contribution in [0.4, 0.5) is 0 Å². The number of imide groups is 1. The molecule has 1 heterocycles. The van der Waals surface area contributed by atoms with Gasteiger partial charge >= 0.3 is 23.9 Å². The van der Waals surface area contributed by atoms with Crippen LogP contribution in [0.25, 0.3) is 21.5 Å². The number of aromatic hydroxyl groups is 2. The van der Waals surface area contributed by atoms with E-state index in [-0.39, 0.29) is 49.2 Å². The number of phenols is 2. The van der Waals surface area contributed by atoms with Gasteiger partial charge in [0.1, 0.15) is 34.1 Å². The number of benzene rings is 6. The molecule has 0 bridgehead atoms. The van der Waals surface area contributed by atoms with E-state index in [1.807, 2.05) is 83.3 Å². The summed E-state index contributed by atoms with van der Waals surface area (Å²) in [5.74, 6) is -5.04. The van der Waals surface area contributed by atoms with Crippen molar-refractivity contribution < 1.29 is 73.2 Å². The first kappa shape index (κ1) is 70.9. The Morgan fingerprint density at radius 2 is 1.15 bits per heavy atom. The summed E-state index contributed by atoms with van der Waals surface area (Å²) in [6.45, 7) is 14.8. The lowest BCUT2D eigenvalue weighted by Gasteiger charge is -2.48. The Hall–Kier alpha value is -8.57. The number of carboxylic acid groups (broad SMARTS) is 2. The van der Waals surface area contributed by atoms with Crippen molar-refractivity contribution in [2.24, 2.45) is 16.7 Å². The molecular weight excluding hydrogens is 1110 g/mol. The van der Waals surface area contributed by atoms with Crippen molar-refractivity contribution >= 4 is 57.2 Å². The molecule has 19 nitrogen and oxygen atoms in total. The largest absolute Gasteiger partial charge is 0.507 e. The van der Waals surface area contributed by atoms with Gasteiger partial charge in [0, 0.05) is 36.0 Å². The minimum absolute atomic E-state index is 0.0407. The summed E-state index contributed by atoms with van der Waals surface area (Å²) in [6, 6.07) is 34.2. The highest BCUT2D eigenvalue weighted by atomic mass is 16.6. The number of nitriles is 1. The number of aliphatic hydroxyl groups excluding tert-OH is 1. The molecule has 0 saturated carbocycles. The number of aromatic carboxylic acids is 2. The van der Waals surface area contributed by atoms with Crippen molar-refractivity contribution in [2.75, 3.05) is 75.3 Å². The van der Waals surface area contributed by atoms with Crippen molar-refractivity contribution in [1.82, 2.24) is 15.1 Å². The number of rotatable bonds is 22. The minimum atomic E-state index is -1.28. The van der Waals surface area contributed by atoms with E-state index in [9.17, 15) is 54.5 Å². The molecule has 6 aromatic rings. The van der Waals surface area contributed by atoms with Gasteiger partial charge in [0.05, 0.1) is 44.3 Å². The molecule has 2 unspecified atom stereocenters. The predicted octanol–water partition coefficient (Wildman–Crippen LogP) is 10.3. The molecule has 468 valence electrons. The van der Waals surface area contributed by atoms with E-state index in [4.69, 9.17) is 24.1 Å². The Kier molecular flexibility index (Phi) is 25.8. The van der Waals surface area contributed by atoms with Crippen LogP contribution in [0.5, 0.6) is 23.0 Å². The van der Waals surface area contributed by atoms with Crippen LogP contribution in [0, 0.1) is 28.1 Å². The fraction of sp³-hybridized carbons (Fsp3) is 0.426. The molecule has 1 saturated heterocycles. The number of aliphatic hydroxyl groups is 1. The van der Waals surface area contributed by atoms with E-state index in [0.29, 0.717) is 69.7 Å². The Labute approximate surface area is 510 Å². The molecule has 2 atom stereocenters. The maximum Gasteiger partial charge on any atom is 0.339 e. The van der Waals surface area contributed by atoms with Crippen molar-refractivity contribution in [3.63, 3.8) is 0 Å². The van der Waals surface area contributed by atoms with Crippen molar-refractivity contribution in [1.29, 1.82) is 5.26 Å². The maximum absolute atomic E-state index is 13.0. The first-order valence-corrected chi connectivity index (χ1v) is 28.9. The SMILES string of the molecule is CCO.CCOC(=O)C(C(=O)OCC)C(C)(C)C(C#N)(CCCN(C)C)c1cccc(OC)c1.COc1cccc(C2(CCCN(C)C)C(=O)NC(=O)CC2(C)C)c1.O=C(O)c1cc2ccccc2c(Cc2c(O)c(C(=O)O)cc3ccccc23)c1O. The van der Waals surface area contributed by atoms with Crippen LogP contribution in [0.2, 0.25) is 0 Å². The van der Waals surface area contributed by atoms with Crippen LogP contribution in [0.1, 0.15) is 124 Å². The standard InChI is InChI=1S/C24H36N2O5.C23H16O6.C19H28N2O3.C2H6O/c1-8-30-21(27)20(22(28)31-9-2)23(3,4)24(17-25,14-11-15-26(5)6)18-12-10-13-19(16-18)29-7;24-20-16(14-7-3-1-5-12(14)9-18(20)22(26)27)11-17-15-8-4-2-6-13(15)10-19(21(17)25)23(28)29;1-18(2)13-16(22)20-17(23)19(18,10-7-11-21(3)4)14-8-6-9-15(12-14)24-5;1-2-3/h10,12-13,16,20H,8-9,11,14-15H2,1-7H3;1-10,24-25H,11H2,(H,26,27)(H,28,29);6,8-9,12H,7,10-11,13H2,1-5H3,(H,20,22,23);3H,2H2,1H3. The van der Waals surface area contributed by atoms with Crippen LogP contribution in [-0.4, -0.2) is 146 Å². The third kappa shape index (κ3) is 16.5. The van der Waals surface area contributed by atoms with Gasteiger partial charge in [0.2, 0.25) is 11.8 Å². The Morgan fingerprint density at radius 1 is 0.690 bits per heavy atom. The van der Waals surface area contributed by atoms with Crippen LogP contribution in [0.15, 0.2) is 109 Å². The summed E-state index contributed by atoms with van der Waals surface area (Å²) < 4.78 is 21.2. The van der Waals surface area contributed by atoms with Gasteiger partial charge in [0.15, 0.2) is 5.92 Å². The number of piperidine rings is 1. The van der Waals surface area contributed by atoms with Gasteiger partial charge in [0.25, 0.3) is 0 Å². The first-order valence-electron chi connectivity index (χ1n) is 28.9. The van der Waals surface area contributed by atoms with Gasteiger partial charge < -0.3 is 54.3 Å². The van der Waals surface area contributed by atoms with Crippen LogP contribution in [-0.2, 0) is 45.9 Å². The topological polar surface area (TPSA) is 283 Å². The summed E-state index contributed by atoms with van der Waals surface area (Å²) in [4.78, 5) is 78.2. The van der Waals surface area contributed by atoms with Gasteiger partial charge in [-0.2, -0.15) is 5.26 Å². The average molecular weight is 1200 g/mol. The number of ether oxygens (including phenoxy) is 4. The highest BCUT2D eigenvalue weighted by Crippen LogP contribution is 2.52. The minimum Gasteiger partial charge on any atom is -0.507 e. The van der Waals surface area contributed by atoms with E-state index in [2.05, 4.69) is 16.3 Å². The summed E-state index contributed by atoms with van der Waals surface area (Å²) in [7, 11) is 11.1. The van der Waals surface area contributed by atoms with E-state index in [0.717, 1.165) is 30.8 Å². The maximum atomic E-state index is 13.0. The number of methoxy groups -OCH3 is 2. The molecule has 87 heavy (non-hydrogen) atoms. The van der Waals surface area contributed by atoms with Gasteiger partial charge in [-0.3, -0.25) is 24.5 Å². The van der Waals surface area contributed by atoms with Gasteiger partial charge in [-0.25, -0.2) is 9.59 Å². The molecule has 0 spiro atoms.